The first-order chi connectivity index (χ1) is 13.1. The largest absolute Gasteiger partial charge is 0.497 e. The third kappa shape index (κ3) is 8.16. The van der Waals surface area contributed by atoms with Crippen LogP contribution in [-0.4, -0.2) is 26.0 Å². The van der Waals surface area contributed by atoms with Gasteiger partial charge in [0.05, 0.1) is 7.11 Å². The van der Waals surface area contributed by atoms with E-state index in [0.29, 0.717) is 25.5 Å². The fraction of sp³-hybridized carbons (Fsp3) is 0.333. The van der Waals surface area contributed by atoms with Crippen LogP contribution >= 0.6 is 24.0 Å². The number of guanidine groups is 1. The van der Waals surface area contributed by atoms with Crippen LogP contribution in [0.5, 0.6) is 5.75 Å². The Kier molecular flexibility index (Phi) is 11.0. The lowest BCUT2D eigenvalue weighted by Crippen LogP contribution is -2.36. The van der Waals surface area contributed by atoms with Gasteiger partial charge in [-0.3, -0.25) is 9.79 Å². The van der Waals surface area contributed by atoms with Crippen LogP contribution in [0, 0.1) is 0 Å². The Labute approximate surface area is 184 Å². The number of nitrogens with zero attached hydrogens (tertiary/aromatic N) is 1. The SMILES string of the molecule is CCCC(=O)Nc1cccc(CNC(=NC)NCc2ccc(OC)cc2)c1.I. The summed E-state index contributed by atoms with van der Waals surface area (Å²) in [6.07, 6.45) is 1.37. The lowest BCUT2D eigenvalue weighted by atomic mass is 10.2. The van der Waals surface area contributed by atoms with E-state index in [1.165, 1.54) is 0 Å². The number of hydrogen-bond donors (Lipinski definition) is 3. The Balaban J connectivity index is 0.00000392. The van der Waals surface area contributed by atoms with Gasteiger partial charge in [0, 0.05) is 32.2 Å². The predicted molar refractivity (Wildman–Crippen MR) is 125 cm³/mol. The van der Waals surface area contributed by atoms with Crippen LogP contribution in [0.25, 0.3) is 0 Å². The Hall–Kier alpha value is -2.29. The van der Waals surface area contributed by atoms with E-state index in [9.17, 15) is 4.79 Å². The van der Waals surface area contributed by atoms with Crippen molar-refractivity contribution in [1.82, 2.24) is 10.6 Å². The van der Waals surface area contributed by atoms with Gasteiger partial charge in [0.1, 0.15) is 5.75 Å². The van der Waals surface area contributed by atoms with Gasteiger partial charge in [0.15, 0.2) is 5.96 Å². The molecule has 0 heterocycles. The average Bonchev–Trinajstić information content (AvgIpc) is 2.69. The molecule has 0 atom stereocenters. The van der Waals surface area contributed by atoms with Crippen LogP contribution in [0.4, 0.5) is 5.69 Å². The van der Waals surface area contributed by atoms with E-state index in [1.54, 1.807) is 14.2 Å². The molecule has 0 radical (unpaired) electrons. The summed E-state index contributed by atoms with van der Waals surface area (Å²) in [6.45, 7) is 3.26. The van der Waals surface area contributed by atoms with Gasteiger partial charge in [-0.1, -0.05) is 31.2 Å². The zero-order chi connectivity index (χ0) is 19.5. The number of halogens is 1. The van der Waals surface area contributed by atoms with E-state index < -0.39 is 0 Å². The quantitative estimate of drug-likeness (QED) is 0.294. The zero-order valence-electron chi connectivity index (χ0n) is 16.6. The van der Waals surface area contributed by atoms with E-state index in [2.05, 4.69) is 20.9 Å². The number of hydrogen-bond acceptors (Lipinski definition) is 3. The van der Waals surface area contributed by atoms with Crippen molar-refractivity contribution in [2.24, 2.45) is 4.99 Å². The van der Waals surface area contributed by atoms with Gasteiger partial charge in [-0.05, 0) is 41.8 Å². The molecule has 2 aromatic carbocycles. The van der Waals surface area contributed by atoms with E-state index in [0.717, 1.165) is 29.0 Å². The molecular formula is C21H29IN4O2. The molecule has 152 valence electrons. The summed E-state index contributed by atoms with van der Waals surface area (Å²) in [5.41, 5.74) is 3.02. The van der Waals surface area contributed by atoms with Gasteiger partial charge in [-0.2, -0.15) is 0 Å². The van der Waals surface area contributed by atoms with Crippen molar-refractivity contribution in [2.45, 2.75) is 32.9 Å². The number of anilines is 1. The summed E-state index contributed by atoms with van der Waals surface area (Å²) < 4.78 is 5.17. The molecule has 0 spiro atoms. The van der Waals surface area contributed by atoms with Crippen LogP contribution in [0.15, 0.2) is 53.5 Å². The normalized spacial score (nSPS) is 10.6. The number of methoxy groups -OCH3 is 1. The second-order valence-corrected chi connectivity index (χ2v) is 6.13. The topological polar surface area (TPSA) is 74.8 Å². The van der Waals surface area contributed by atoms with E-state index in [1.807, 2.05) is 55.5 Å². The lowest BCUT2D eigenvalue weighted by Gasteiger charge is -2.13. The highest BCUT2D eigenvalue weighted by Gasteiger charge is 2.03. The second kappa shape index (κ2) is 13.0. The minimum atomic E-state index is 0. The maximum atomic E-state index is 11.7. The minimum Gasteiger partial charge on any atom is -0.497 e. The first-order valence-corrected chi connectivity index (χ1v) is 9.10. The molecule has 28 heavy (non-hydrogen) atoms. The smallest absolute Gasteiger partial charge is 0.224 e. The van der Waals surface area contributed by atoms with Crippen molar-refractivity contribution in [3.8, 4) is 5.75 Å². The van der Waals surface area contributed by atoms with Crippen LogP contribution in [0.1, 0.15) is 30.9 Å². The van der Waals surface area contributed by atoms with E-state index >= 15 is 0 Å². The molecule has 2 rings (SSSR count). The number of amides is 1. The monoisotopic (exact) mass is 496 g/mol. The Morgan fingerprint density at radius 2 is 1.71 bits per heavy atom. The molecule has 0 aliphatic carbocycles. The molecule has 7 heteroatoms. The molecule has 1 amide bonds. The van der Waals surface area contributed by atoms with Crippen molar-refractivity contribution >= 4 is 41.5 Å². The maximum absolute atomic E-state index is 11.7. The molecule has 0 aliphatic rings. The van der Waals surface area contributed by atoms with Gasteiger partial charge >= 0.3 is 0 Å². The van der Waals surface area contributed by atoms with Crippen LogP contribution in [0.2, 0.25) is 0 Å². The number of aliphatic imine (C=N–C) groups is 1. The molecule has 0 unspecified atom stereocenters. The summed E-state index contributed by atoms with van der Waals surface area (Å²) in [7, 11) is 3.40. The molecular weight excluding hydrogens is 467 g/mol. The zero-order valence-corrected chi connectivity index (χ0v) is 18.9. The Morgan fingerprint density at radius 1 is 1.04 bits per heavy atom. The highest BCUT2D eigenvalue weighted by atomic mass is 127. The number of carbonyl (C=O) groups is 1. The third-order valence-electron chi connectivity index (χ3n) is 3.99. The molecule has 3 N–H and O–H groups in total. The fourth-order valence-corrected chi connectivity index (χ4v) is 2.55. The highest BCUT2D eigenvalue weighted by Crippen LogP contribution is 2.12. The van der Waals surface area contributed by atoms with E-state index in [4.69, 9.17) is 4.74 Å². The average molecular weight is 496 g/mol. The molecule has 0 fully saturated rings. The van der Waals surface area contributed by atoms with Gasteiger partial charge < -0.3 is 20.7 Å². The first-order valence-electron chi connectivity index (χ1n) is 9.10. The van der Waals surface area contributed by atoms with Crippen molar-refractivity contribution in [2.75, 3.05) is 19.5 Å². The molecule has 2 aromatic rings. The van der Waals surface area contributed by atoms with Gasteiger partial charge in [0.2, 0.25) is 5.91 Å². The Morgan fingerprint density at radius 3 is 2.32 bits per heavy atom. The van der Waals surface area contributed by atoms with Gasteiger partial charge in [-0.15, -0.1) is 24.0 Å². The van der Waals surface area contributed by atoms with Gasteiger partial charge in [0.25, 0.3) is 0 Å². The Bertz CT molecular complexity index is 763. The van der Waals surface area contributed by atoms with E-state index in [-0.39, 0.29) is 29.9 Å². The third-order valence-corrected chi connectivity index (χ3v) is 3.99. The predicted octanol–water partition coefficient (Wildman–Crippen LogP) is 3.92. The number of carbonyl (C=O) groups excluding carboxylic acids is 1. The van der Waals surface area contributed by atoms with Crippen molar-refractivity contribution in [3.05, 3.63) is 59.7 Å². The number of benzene rings is 2. The first kappa shape index (κ1) is 23.7. The lowest BCUT2D eigenvalue weighted by molar-refractivity contribution is -0.116. The second-order valence-electron chi connectivity index (χ2n) is 6.13. The summed E-state index contributed by atoms with van der Waals surface area (Å²) in [6, 6.07) is 15.7. The fourth-order valence-electron chi connectivity index (χ4n) is 2.55. The van der Waals surface area contributed by atoms with Crippen molar-refractivity contribution in [1.29, 1.82) is 0 Å². The standard InChI is InChI=1S/C21H28N4O2.HI/c1-4-6-20(26)25-18-8-5-7-17(13-18)15-24-21(22-2)23-14-16-9-11-19(27-3)12-10-16;/h5,7-13H,4,6,14-15H2,1-3H3,(H,25,26)(H2,22,23,24);1H. The molecule has 6 nitrogen and oxygen atoms in total. The molecule has 0 saturated heterocycles. The number of rotatable bonds is 8. The molecule has 0 aliphatic heterocycles. The van der Waals surface area contributed by atoms with Crippen LogP contribution < -0.4 is 20.7 Å². The van der Waals surface area contributed by atoms with Crippen LogP contribution in [0.3, 0.4) is 0 Å². The number of nitrogens with one attached hydrogen (secondary N) is 3. The van der Waals surface area contributed by atoms with Gasteiger partial charge in [-0.25, -0.2) is 0 Å². The summed E-state index contributed by atoms with van der Waals surface area (Å²) >= 11 is 0. The molecule has 0 aromatic heterocycles. The summed E-state index contributed by atoms with van der Waals surface area (Å²) in [5, 5.41) is 9.49. The van der Waals surface area contributed by atoms with Crippen molar-refractivity contribution < 1.29 is 9.53 Å². The summed E-state index contributed by atoms with van der Waals surface area (Å²) in [5.74, 6) is 1.60. The maximum Gasteiger partial charge on any atom is 0.224 e. The molecule has 0 bridgehead atoms. The van der Waals surface area contributed by atoms with Crippen molar-refractivity contribution in [3.63, 3.8) is 0 Å². The highest BCUT2D eigenvalue weighted by molar-refractivity contribution is 14.0. The summed E-state index contributed by atoms with van der Waals surface area (Å²) in [4.78, 5) is 16.0. The minimum absolute atomic E-state index is 0. The number of ether oxygens (including phenoxy) is 1. The van der Waals surface area contributed by atoms with Crippen LogP contribution in [-0.2, 0) is 17.9 Å². The molecule has 0 saturated carbocycles.